The number of carbonyl (C=O) groups is 2. The van der Waals surface area contributed by atoms with Crippen molar-refractivity contribution < 1.29 is 14.0 Å². The Bertz CT molecular complexity index is 805. The van der Waals surface area contributed by atoms with Crippen LogP contribution in [0.5, 0.6) is 0 Å². The first-order valence-electron chi connectivity index (χ1n) is 8.18. The Kier molecular flexibility index (Phi) is 4.70. The Morgan fingerprint density at radius 2 is 1.80 bits per heavy atom. The van der Waals surface area contributed by atoms with Gasteiger partial charge in [0.25, 0.3) is 0 Å². The summed E-state index contributed by atoms with van der Waals surface area (Å²) in [6.45, 7) is 4.01. The average Bonchev–Trinajstić information content (AvgIpc) is 3.00. The van der Waals surface area contributed by atoms with Crippen LogP contribution in [0.4, 0.5) is 21.5 Å². The van der Waals surface area contributed by atoms with Gasteiger partial charge < -0.3 is 15.5 Å². The first-order chi connectivity index (χ1) is 11.9. The minimum Gasteiger partial charge on any atom is -0.374 e. The van der Waals surface area contributed by atoms with Crippen molar-refractivity contribution in [3.63, 3.8) is 0 Å². The predicted molar refractivity (Wildman–Crippen MR) is 96.3 cm³/mol. The van der Waals surface area contributed by atoms with Crippen LogP contribution in [0.15, 0.2) is 42.5 Å². The molecule has 1 atom stereocenters. The van der Waals surface area contributed by atoms with E-state index in [1.165, 1.54) is 24.3 Å². The molecule has 0 bridgehead atoms. The molecule has 0 saturated heterocycles. The van der Waals surface area contributed by atoms with Gasteiger partial charge in [-0.05, 0) is 61.4 Å². The van der Waals surface area contributed by atoms with Crippen LogP contribution in [-0.4, -0.2) is 24.4 Å². The largest absolute Gasteiger partial charge is 0.374 e. The fraction of sp³-hybridized carbons (Fsp3) is 0.263. The molecule has 3 rings (SSSR count). The van der Waals surface area contributed by atoms with E-state index in [2.05, 4.69) is 10.6 Å². The number of halogens is 1. The van der Waals surface area contributed by atoms with Crippen LogP contribution in [0.25, 0.3) is 0 Å². The van der Waals surface area contributed by atoms with E-state index in [1.54, 1.807) is 18.7 Å². The van der Waals surface area contributed by atoms with Gasteiger partial charge in [0.1, 0.15) is 11.9 Å². The van der Waals surface area contributed by atoms with Crippen molar-refractivity contribution in [1.82, 2.24) is 0 Å². The highest BCUT2D eigenvalue weighted by Gasteiger charge is 2.22. The van der Waals surface area contributed by atoms with Gasteiger partial charge in [0, 0.05) is 30.5 Å². The molecule has 1 heterocycles. The van der Waals surface area contributed by atoms with Crippen LogP contribution in [0.1, 0.15) is 19.4 Å². The van der Waals surface area contributed by atoms with Gasteiger partial charge in [-0.2, -0.15) is 0 Å². The van der Waals surface area contributed by atoms with Crippen LogP contribution in [0.3, 0.4) is 0 Å². The maximum Gasteiger partial charge on any atom is 0.246 e. The average molecular weight is 341 g/mol. The highest BCUT2D eigenvalue weighted by atomic mass is 19.1. The predicted octanol–water partition coefficient (Wildman–Crippen LogP) is 3.17. The van der Waals surface area contributed by atoms with Crippen molar-refractivity contribution in [2.75, 3.05) is 22.1 Å². The molecule has 0 radical (unpaired) electrons. The van der Waals surface area contributed by atoms with Crippen LogP contribution in [0.2, 0.25) is 0 Å². The molecule has 0 aromatic heterocycles. The minimum absolute atomic E-state index is 0.0338. The Hall–Kier alpha value is -2.89. The molecule has 5 nitrogen and oxygen atoms in total. The van der Waals surface area contributed by atoms with Crippen molar-refractivity contribution in [2.24, 2.45) is 0 Å². The maximum absolute atomic E-state index is 12.9. The summed E-state index contributed by atoms with van der Waals surface area (Å²) in [5, 5.41) is 5.90. The molecule has 6 heteroatoms. The zero-order chi connectivity index (χ0) is 18.0. The van der Waals surface area contributed by atoms with Crippen molar-refractivity contribution in [3.8, 4) is 0 Å². The summed E-state index contributed by atoms with van der Waals surface area (Å²) in [6.07, 6.45) is 0.806. The van der Waals surface area contributed by atoms with Gasteiger partial charge >= 0.3 is 0 Å². The van der Waals surface area contributed by atoms with Crippen molar-refractivity contribution >= 4 is 28.9 Å². The summed E-state index contributed by atoms with van der Waals surface area (Å²) >= 11 is 0. The first kappa shape index (κ1) is 17.0. The fourth-order valence-electron chi connectivity index (χ4n) is 2.92. The zero-order valence-corrected chi connectivity index (χ0v) is 14.2. The molecule has 25 heavy (non-hydrogen) atoms. The molecule has 2 aromatic rings. The summed E-state index contributed by atoms with van der Waals surface area (Å²) in [6, 6.07) is 10.9. The highest BCUT2D eigenvalue weighted by molar-refractivity contribution is 5.97. The molecule has 0 fully saturated rings. The topological polar surface area (TPSA) is 61.4 Å². The van der Waals surface area contributed by atoms with Crippen LogP contribution < -0.4 is 15.5 Å². The molecule has 2 N–H and O–H groups in total. The second-order valence-electron chi connectivity index (χ2n) is 6.13. The standard InChI is InChI=1S/C19H20FN3O2/c1-12(19(25)22-16-5-3-15(20)4-6-16)21-17-7-8-18-14(11-17)9-10-23(18)13(2)24/h3-8,11-12,21H,9-10H2,1-2H3,(H,22,25). The number of amides is 2. The number of nitrogens with zero attached hydrogens (tertiary/aromatic N) is 1. The Labute approximate surface area is 145 Å². The van der Waals surface area contributed by atoms with E-state index in [1.807, 2.05) is 18.2 Å². The molecule has 130 valence electrons. The van der Waals surface area contributed by atoms with E-state index in [0.717, 1.165) is 23.4 Å². The third-order valence-electron chi connectivity index (χ3n) is 4.24. The molecule has 1 aliphatic rings. The Morgan fingerprint density at radius 1 is 1.12 bits per heavy atom. The second kappa shape index (κ2) is 6.93. The number of hydrogen-bond acceptors (Lipinski definition) is 3. The Morgan fingerprint density at radius 3 is 2.48 bits per heavy atom. The minimum atomic E-state index is -0.464. The summed E-state index contributed by atoms with van der Waals surface area (Å²) in [7, 11) is 0. The van der Waals surface area contributed by atoms with E-state index >= 15 is 0 Å². The fourth-order valence-corrected chi connectivity index (χ4v) is 2.92. The molecular formula is C19H20FN3O2. The molecule has 0 spiro atoms. The second-order valence-corrected chi connectivity index (χ2v) is 6.13. The first-order valence-corrected chi connectivity index (χ1v) is 8.18. The lowest BCUT2D eigenvalue weighted by Crippen LogP contribution is -2.31. The number of rotatable bonds is 4. The summed E-state index contributed by atoms with van der Waals surface area (Å²) in [5.74, 6) is -0.522. The van der Waals surface area contributed by atoms with Crippen molar-refractivity contribution in [1.29, 1.82) is 0 Å². The lowest BCUT2D eigenvalue weighted by Gasteiger charge is -2.17. The summed E-state index contributed by atoms with van der Waals surface area (Å²) < 4.78 is 12.9. The normalized spacial score (nSPS) is 14.0. The third-order valence-corrected chi connectivity index (χ3v) is 4.24. The molecule has 1 unspecified atom stereocenters. The van der Waals surface area contributed by atoms with Gasteiger partial charge in [-0.3, -0.25) is 9.59 Å². The number of fused-ring (bicyclic) bond motifs is 1. The highest BCUT2D eigenvalue weighted by Crippen LogP contribution is 2.30. The number of hydrogen-bond donors (Lipinski definition) is 2. The molecule has 2 amide bonds. The number of nitrogens with one attached hydrogen (secondary N) is 2. The van der Waals surface area contributed by atoms with Crippen molar-refractivity contribution in [2.45, 2.75) is 26.3 Å². The molecule has 1 aliphatic heterocycles. The third kappa shape index (κ3) is 3.79. The molecule has 2 aromatic carbocycles. The zero-order valence-electron chi connectivity index (χ0n) is 14.2. The Balaban J connectivity index is 1.65. The molecular weight excluding hydrogens is 321 g/mol. The van der Waals surface area contributed by atoms with E-state index in [9.17, 15) is 14.0 Å². The smallest absolute Gasteiger partial charge is 0.246 e. The monoisotopic (exact) mass is 341 g/mol. The van der Waals surface area contributed by atoms with E-state index < -0.39 is 6.04 Å². The number of benzene rings is 2. The lowest BCUT2D eigenvalue weighted by atomic mass is 10.1. The number of anilines is 3. The summed E-state index contributed by atoms with van der Waals surface area (Å²) in [5.41, 5.74) is 3.39. The number of carbonyl (C=O) groups excluding carboxylic acids is 2. The van der Waals surface area contributed by atoms with Gasteiger partial charge in [-0.1, -0.05) is 0 Å². The van der Waals surface area contributed by atoms with Crippen molar-refractivity contribution in [3.05, 3.63) is 53.8 Å². The van der Waals surface area contributed by atoms with Crippen LogP contribution >= 0.6 is 0 Å². The van der Waals surface area contributed by atoms with Gasteiger partial charge in [0.2, 0.25) is 11.8 Å². The van der Waals surface area contributed by atoms with Gasteiger partial charge in [-0.15, -0.1) is 0 Å². The SMILES string of the molecule is CC(=O)N1CCc2cc(NC(C)C(=O)Nc3ccc(F)cc3)ccc21. The van der Waals surface area contributed by atoms with Gasteiger partial charge in [0.05, 0.1) is 0 Å². The van der Waals surface area contributed by atoms with E-state index in [4.69, 9.17) is 0 Å². The lowest BCUT2D eigenvalue weighted by molar-refractivity contribution is -0.117. The van der Waals surface area contributed by atoms with E-state index in [0.29, 0.717) is 12.2 Å². The maximum atomic E-state index is 12.9. The summed E-state index contributed by atoms with van der Waals surface area (Å²) in [4.78, 5) is 25.6. The molecule has 0 saturated carbocycles. The van der Waals surface area contributed by atoms with E-state index in [-0.39, 0.29) is 17.6 Å². The quantitative estimate of drug-likeness (QED) is 0.898. The van der Waals surface area contributed by atoms with Crippen LogP contribution in [-0.2, 0) is 16.0 Å². The molecule has 0 aliphatic carbocycles. The van der Waals surface area contributed by atoms with Gasteiger partial charge in [-0.25, -0.2) is 4.39 Å². The van der Waals surface area contributed by atoms with Gasteiger partial charge in [0.15, 0.2) is 0 Å². The van der Waals surface area contributed by atoms with Crippen LogP contribution in [0, 0.1) is 5.82 Å².